The Hall–Kier alpha value is -1.32. The second kappa shape index (κ2) is 3.38. The van der Waals surface area contributed by atoms with Gasteiger partial charge in [-0.15, -0.1) is 0 Å². The fraction of sp³-hybridized carbons (Fsp3) is 0.500. The summed E-state index contributed by atoms with van der Waals surface area (Å²) in [5, 5.41) is 0. The Bertz CT molecular complexity index is 211. The molecule has 1 aliphatic carbocycles. The van der Waals surface area contributed by atoms with E-state index >= 15 is 0 Å². The molecule has 0 aromatic rings. The smallest absolute Gasteiger partial charge is 0.221 e. The van der Waals surface area contributed by atoms with Crippen molar-refractivity contribution in [3.8, 4) is 0 Å². The largest absolute Gasteiger partial charge is 0.369 e. The van der Waals surface area contributed by atoms with Gasteiger partial charge < -0.3 is 11.5 Å². The highest BCUT2D eigenvalue weighted by molar-refractivity contribution is 5.86. The van der Waals surface area contributed by atoms with Crippen LogP contribution in [-0.4, -0.2) is 11.8 Å². The van der Waals surface area contributed by atoms with Gasteiger partial charge in [-0.3, -0.25) is 9.59 Å². The summed E-state index contributed by atoms with van der Waals surface area (Å²) >= 11 is 0. The van der Waals surface area contributed by atoms with Gasteiger partial charge in [0.2, 0.25) is 11.8 Å². The van der Waals surface area contributed by atoms with Gasteiger partial charge in [0.05, 0.1) is 11.8 Å². The van der Waals surface area contributed by atoms with E-state index in [1.807, 2.05) is 12.2 Å². The van der Waals surface area contributed by atoms with Crippen molar-refractivity contribution in [3.05, 3.63) is 12.2 Å². The topological polar surface area (TPSA) is 86.2 Å². The SMILES string of the molecule is NC(=O)[C@H]1CC=CC[C@H]1C(N)=O. The highest BCUT2D eigenvalue weighted by Gasteiger charge is 2.30. The van der Waals surface area contributed by atoms with Crippen LogP contribution in [0, 0.1) is 11.8 Å². The van der Waals surface area contributed by atoms with Gasteiger partial charge in [0.1, 0.15) is 0 Å². The summed E-state index contributed by atoms with van der Waals surface area (Å²) in [5.74, 6) is -1.70. The lowest BCUT2D eigenvalue weighted by atomic mass is 9.82. The molecule has 0 unspecified atom stereocenters. The molecule has 0 radical (unpaired) electrons. The molecule has 4 nitrogen and oxygen atoms in total. The third-order valence-electron chi connectivity index (χ3n) is 2.16. The molecular weight excluding hydrogens is 156 g/mol. The lowest BCUT2D eigenvalue weighted by molar-refractivity contribution is -0.131. The summed E-state index contributed by atoms with van der Waals surface area (Å²) in [7, 11) is 0. The maximum absolute atomic E-state index is 10.8. The van der Waals surface area contributed by atoms with Gasteiger partial charge in [-0.2, -0.15) is 0 Å². The van der Waals surface area contributed by atoms with Crippen LogP contribution in [0.5, 0.6) is 0 Å². The van der Waals surface area contributed by atoms with E-state index in [0.717, 1.165) is 0 Å². The minimum atomic E-state index is -0.442. The molecule has 0 aliphatic heterocycles. The first-order valence-electron chi connectivity index (χ1n) is 3.86. The minimum absolute atomic E-state index is 0.410. The molecule has 2 atom stereocenters. The van der Waals surface area contributed by atoms with E-state index in [0.29, 0.717) is 12.8 Å². The molecule has 0 bridgehead atoms. The van der Waals surface area contributed by atoms with Crippen molar-refractivity contribution < 1.29 is 9.59 Å². The molecule has 1 aliphatic rings. The molecule has 0 fully saturated rings. The Kier molecular flexibility index (Phi) is 2.47. The average Bonchev–Trinajstić information content (AvgIpc) is 2.04. The van der Waals surface area contributed by atoms with Gasteiger partial charge in [0.25, 0.3) is 0 Å². The molecule has 2 amide bonds. The molecule has 0 saturated heterocycles. The molecule has 0 saturated carbocycles. The number of rotatable bonds is 2. The normalized spacial score (nSPS) is 28.3. The number of carbonyl (C=O) groups is 2. The number of amides is 2. The number of primary amides is 2. The molecule has 0 aromatic carbocycles. The highest BCUT2D eigenvalue weighted by Crippen LogP contribution is 2.24. The van der Waals surface area contributed by atoms with Crippen LogP contribution < -0.4 is 11.5 Å². The fourth-order valence-corrected chi connectivity index (χ4v) is 1.44. The van der Waals surface area contributed by atoms with E-state index in [1.165, 1.54) is 0 Å². The maximum Gasteiger partial charge on any atom is 0.221 e. The molecule has 0 spiro atoms. The van der Waals surface area contributed by atoms with Crippen molar-refractivity contribution in [2.24, 2.45) is 23.3 Å². The summed E-state index contributed by atoms with van der Waals surface area (Å²) in [5.41, 5.74) is 10.2. The second-order valence-corrected chi connectivity index (χ2v) is 2.96. The lowest BCUT2D eigenvalue weighted by Crippen LogP contribution is -2.38. The van der Waals surface area contributed by atoms with Gasteiger partial charge >= 0.3 is 0 Å². The number of hydrogen-bond acceptors (Lipinski definition) is 2. The maximum atomic E-state index is 10.8. The summed E-state index contributed by atoms with van der Waals surface area (Å²) in [4.78, 5) is 21.7. The van der Waals surface area contributed by atoms with Crippen LogP contribution in [0.4, 0.5) is 0 Å². The van der Waals surface area contributed by atoms with E-state index < -0.39 is 23.7 Å². The zero-order valence-electron chi connectivity index (χ0n) is 6.69. The van der Waals surface area contributed by atoms with Crippen molar-refractivity contribution in [1.82, 2.24) is 0 Å². The van der Waals surface area contributed by atoms with Crippen LogP contribution >= 0.6 is 0 Å². The zero-order valence-corrected chi connectivity index (χ0v) is 6.69. The van der Waals surface area contributed by atoms with E-state index in [-0.39, 0.29) is 0 Å². The molecule has 4 heteroatoms. The summed E-state index contributed by atoms with van der Waals surface area (Å²) in [6.45, 7) is 0. The van der Waals surface area contributed by atoms with Crippen LogP contribution in [0.25, 0.3) is 0 Å². The predicted molar refractivity (Wildman–Crippen MR) is 43.7 cm³/mol. The third kappa shape index (κ3) is 1.64. The molecule has 1 rings (SSSR count). The third-order valence-corrected chi connectivity index (χ3v) is 2.16. The van der Waals surface area contributed by atoms with Gasteiger partial charge in [-0.05, 0) is 12.8 Å². The van der Waals surface area contributed by atoms with Crippen molar-refractivity contribution in [2.45, 2.75) is 12.8 Å². The first-order valence-corrected chi connectivity index (χ1v) is 3.86. The Balaban J connectivity index is 2.76. The Morgan fingerprint density at radius 1 is 1.00 bits per heavy atom. The second-order valence-electron chi connectivity index (χ2n) is 2.96. The zero-order chi connectivity index (χ0) is 9.14. The number of carbonyl (C=O) groups excluding carboxylic acids is 2. The summed E-state index contributed by atoms with van der Waals surface area (Å²) in [6, 6.07) is 0. The molecule has 0 aromatic heterocycles. The van der Waals surface area contributed by atoms with Gasteiger partial charge in [0.15, 0.2) is 0 Å². The predicted octanol–water partition coefficient (Wildman–Crippen LogP) is -0.461. The minimum Gasteiger partial charge on any atom is -0.369 e. The van der Waals surface area contributed by atoms with Crippen molar-refractivity contribution in [1.29, 1.82) is 0 Å². The first kappa shape index (κ1) is 8.77. The summed E-state index contributed by atoms with van der Waals surface area (Å²) < 4.78 is 0. The first-order chi connectivity index (χ1) is 5.63. The molecule has 66 valence electrons. The fourth-order valence-electron chi connectivity index (χ4n) is 1.44. The van der Waals surface area contributed by atoms with Crippen LogP contribution in [0.1, 0.15) is 12.8 Å². The van der Waals surface area contributed by atoms with Crippen LogP contribution in [-0.2, 0) is 9.59 Å². The number of hydrogen-bond donors (Lipinski definition) is 2. The van der Waals surface area contributed by atoms with Gasteiger partial charge in [-0.25, -0.2) is 0 Å². The number of allylic oxidation sites excluding steroid dienone is 2. The molecule has 12 heavy (non-hydrogen) atoms. The van der Waals surface area contributed by atoms with Crippen molar-refractivity contribution >= 4 is 11.8 Å². The summed E-state index contributed by atoms with van der Waals surface area (Å²) in [6.07, 6.45) is 4.77. The van der Waals surface area contributed by atoms with Crippen LogP contribution in [0.15, 0.2) is 12.2 Å². The Labute approximate surface area is 70.6 Å². The monoisotopic (exact) mass is 168 g/mol. The Morgan fingerprint density at radius 3 is 1.58 bits per heavy atom. The van der Waals surface area contributed by atoms with E-state index in [2.05, 4.69) is 0 Å². The quantitative estimate of drug-likeness (QED) is 0.546. The van der Waals surface area contributed by atoms with Crippen molar-refractivity contribution in [3.63, 3.8) is 0 Å². The standard InChI is InChI=1S/C8H12N2O2/c9-7(11)5-3-1-2-4-6(5)8(10)12/h1-2,5-6H,3-4H2,(H2,9,11)(H2,10,12)/t5-,6+. The molecular formula is C8H12N2O2. The van der Waals surface area contributed by atoms with Gasteiger partial charge in [-0.1, -0.05) is 12.2 Å². The Morgan fingerprint density at radius 2 is 1.33 bits per heavy atom. The van der Waals surface area contributed by atoms with Crippen LogP contribution in [0.2, 0.25) is 0 Å². The van der Waals surface area contributed by atoms with E-state index in [9.17, 15) is 9.59 Å². The molecule has 0 heterocycles. The number of nitrogens with two attached hydrogens (primary N) is 2. The highest BCUT2D eigenvalue weighted by atomic mass is 16.2. The van der Waals surface area contributed by atoms with Crippen LogP contribution in [0.3, 0.4) is 0 Å². The lowest BCUT2D eigenvalue weighted by Gasteiger charge is -2.22. The van der Waals surface area contributed by atoms with E-state index in [1.54, 1.807) is 0 Å². The molecule has 4 N–H and O–H groups in total. The average molecular weight is 168 g/mol. The van der Waals surface area contributed by atoms with E-state index in [4.69, 9.17) is 11.5 Å². The van der Waals surface area contributed by atoms with Crippen molar-refractivity contribution in [2.75, 3.05) is 0 Å². The van der Waals surface area contributed by atoms with Gasteiger partial charge in [0, 0.05) is 0 Å².